The van der Waals surface area contributed by atoms with Crippen molar-refractivity contribution in [2.45, 2.75) is 39.8 Å². The Morgan fingerprint density at radius 2 is 1.71 bits per heavy atom. The zero-order chi connectivity index (χ0) is 25.5. The van der Waals surface area contributed by atoms with Gasteiger partial charge in [0.2, 0.25) is 21.8 Å². The van der Waals surface area contributed by atoms with E-state index >= 15 is 0 Å². The number of sulfonamides is 1. The van der Waals surface area contributed by atoms with Crippen LogP contribution in [0.15, 0.2) is 48.5 Å². The molecule has 186 valence electrons. The van der Waals surface area contributed by atoms with Gasteiger partial charge in [0.15, 0.2) is 0 Å². The fraction of sp³-hybridized carbons (Fsp3) is 0.417. The summed E-state index contributed by atoms with van der Waals surface area (Å²) in [7, 11) is -3.87. The van der Waals surface area contributed by atoms with Crippen LogP contribution in [0, 0.1) is 5.92 Å². The highest BCUT2D eigenvalue weighted by Gasteiger charge is 2.32. The third-order valence-corrected chi connectivity index (χ3v) is 6.79. The Labute approximate surface area is 212 Å². The van der Waals surface area contributed by atoms with Crippen molar-refractivity contribution in [2.24, 2.45) is 5.92 Å². The second-order valence-electron chi connectivity index (χ2n) is 8.44. The lowest BCUT2D eigenvalue weighted by Gasteiger charge is -2.33. The van der Waals surface area contributed by atoms with Crippen LogP contribution in [-0.2, 0) is 26.2 Å². The molecule has 1 unspecified atom stereocenters. The minimum absolute atomic E-state index is 0.0991. The summed E-state index contributed by atoms with van der Waals surface area (Å²) in [6.45, 7) is 5.88. The summed E-state index contributed by atoms with van der Waals surface area (Å²) in [6.07, 6.45) is 1.36. The normalized spacial score (nSPS) is 12.3. The van der Waals surface area contributed by atoms with Crippen molar-refractivity contribution in [3.8, 4) is 0 Å². The zero-order valence-electron chi connectivity index (χ0n) is 19.8. The van der Waals surface area contributed by atoms with Crippen molar-refractivity contribution in [3.05, 3.63) is 64.1 Å². The highest BCUT2D eigenvalue weighted by Crippen LogP contribution is 2.30. The summed E-state index contributed by atoms with van der Waals surface area (Å²) in [5.41, 5.74) is 0.959. The molecule has 34 heavy (non-hydrogen) atoms. The van der Waals surface area contributed by atoms with E-state index in [1.807, 2.05) is 51.1 Å². The molecular weight excluding hydrogens is 497 g/mol. The topological polar surface area (TPSA) is 86.8 Å². The van der Waals surface area contributed by atoms with Gasteiger partial charge in [0, 0.05) is 18.1 Å². The maximum atomic E-state index is 13.6. The van der Waals surface area contributed by atoms with E-state index in [1.165, 1.54) is 23.1 Å². The van der Waals surface area contributed by atoms with Crippen LogP contribution in [0.25, 0.3) is 0 Å². The van der Waals surface area contributed by atoms with Crippen molar-refractivity contribution >= 4 is 50.7 Å². The molecule has 0 bridgehead atoms. The SMILES string of the molecule is CCC(C(=O)NCC(C)C)N(Cc1ccccc1)C(=O)CN(c1ccc(Cl)cc1Cl)S(C)(=O)=O. The van der Waals surface area contributed by atoms with Gasteiger partial charge in [-0.25, -0.2) is 8.42 Å². The lowest BCUT2D eigenvalue weighted by atomic mass is 10.1. The number of carbonyl (C=O) groups excluding carboxylic acids is 2. The molecule has 7 nitrogen and oxygen atoms in total. The van der Waals surface area contributed by atoms with Crippen molar-refractivity contribution < 1.29 is 18.0 Å². The van der Waals surface area contributed by atoms with Gasteiger partial charge in [0.05, 0.1) is 17.0 Å². The summed E-state index contributed by atoms with van der Waals surface area (Å²) in [5.74, 6) is -0.560. The average Bonchev–Trinajstić information content (AvgIpc) is 2.76. The molecule has 0 aliphatic carbocycles. The van der Waals surface area contributed by atoms with Crippen LogP contribution in [0.5, 0.6) is 0 Å². The molecule has 2 aromatic carbocycles. The third-order valence-electron chi connectivity index (χ3n) is 5.12. The lowest BCUT2D eigenvalue weighted by molar-refractivity contribution is -0.140. The van der Waals surface area contributed by atoms with Gasteiger partial charge < -0.3 is 10.2 Å². The van der Waals surface area contributed by atoms with Crippen LogP contribution in [0.1, 0.15) is 32.8 Å². The molecule has 2 amide bonds. The molecule has 0 spiro atoms. The molecule has 2 rings (SSSR count). The molecule has 1 atom stereocenters. The van der Waals surface area contributed by atoms with Gasteiger partial charge in [-0.3, -0.25) is 13.9 Å². The fourth-order valence-electron chi connectivity index (χ4n) is 3.40. The number of carbonyl (C=O) groups is 2. The van der Waals surface area contributed by atoms with E-state index in [-0.39, 0.29) is 29.1 Å². The maximum Gasteiger partial charge on any atom is 0.244 e. The molecule has 0 aliphatic rings. The fourth-order valence-corrected chi connectivity index (χ4v) is 4.82. The molecule has 0 saturated carbocycles. The standard InChI is InChI=1S/C24H31Cl2N3O4S/c1-5-21(24(31)27-14-17(2)3)28(15-18-9-7-6-8-10-18)23(30)16-29(34(4,32)33)22-12-11-19(25)13-20(22)26/h6-13,17,21H,5,14-16H2,1-4H3,(H,27,31). The van der Waals surface area contributed by atoms with E-state index in [9.17, 15) is 18.0 Å². The average molecular weight is 529 g/mol. The predicted molar refractivity (Wildman–Crippen MR) is 138 cm³/mol. The first-order valence-corrected chi connectivity index (χ1v) is 13.6. The third kappa shape index (κ3) is 7.89. The van der Waals surface area contributed by atoms with E-state index in [2.05, 4.69) is 5.32 Å². The van der Waals surface area contributed by atoms with Crippen molar-refractivity contribution in [1.29, 1.82) is 0 Å². The number of nitrogens with one attached hydrogen (secondary N) is 1. The van der Waals surface area contributed by atoms with Gasteiger partial charge in [-0.2, -0.15) is 0 Å². The van der Waals surface area contributed by atoms with E-state index in [0.717, 1.165) is 16.1 Å². The Balaban J connectivity index is 2.42. The second kappa shape index (κ2) is 12.4. The Morgan fingerprint density at radius 1 is 1.06 bits per heavy atom. The molecule has 0 aromatic heterocycles. The van der Waals surface area contributed by atoms with Gasteiger partial charge in [-0.15, -0.1) is 0 Å². The largest absolute Gasteiger partial charge is 0.354 e. The Bertz CT molecular complexity index is 1090. The molecular formula is C24H31Cl2N3O4S. The number of hydrogen-bond donors (Lipinski definition) is 1. The number of nitrogens with zero attached hydrogens (tertiary/aromatic N) is 2. The molecule has 0 aliphatic heterocycles. The lowest BCUT2D eigenvalue weighted by Crippen LogP contribution is -2.52. The van der Waals surface area contributed by atoms with E-state index < -0.39 is 28.5 Å². The highest BCUT2D eigenvalue weighted by molar-refractivity contribution is 7.92. The van der Waals surface area contributed by atoms with Gasteiger partial charge in [0.25, 0.3) is 0 Å². The van der Waals surface area contributed by atoms with Crippen LogP contribution in [0.4, 0.5) is 5.69 Å². The first kappa shape index (κ1) is 28.0. The summed E-state index contributed by atoms with van der Waals surface area (Å²) in [5, 5.41) is 3.32. The van der Waals surface area contributed by atoms with Gasteiger partial charge in [0.1, 0.15) is 12.6 Å². The number of rotatable bonds is 11. The van der Waals surface area contributed by atoms with Crippen molar-refractivity contribution in [2.75, 3.05) is 23.7 Å². The monoisotopic (exact) mass is 527 g/mol. The van der Waals surface area contributed by atoms with Crippen molar-refractivity contribution in [3.63, 3.8) is 0 Å². The Hall–Kier alpha value is -2.29. The quantitative estimate of drug-likeness (QED) is 0.470. The minimum atomic E-state index is -3.87. The van der Waals surface area contributed by atoms with Gasteiger partial charge in [-0.1, -0.05) is 74.3 Å². The minimum Gasteiger partial charge on any atom is -0.354 e. The number of benzene rings is 2. The molecule has 10 heteroatoms. The zero-order valence-corrected chi connectivity index (χ0v) is 22.1. The van der Waals surface area contributed by atoms with Crippen LogP contribution < -0.4 is 9.62 Å². The first-order valence-electron chi connectivity index (χ1n) is 11.0. The van der Waals surface area contributed by atoms with E-state index in [1.54, 1.807) is 0 Å². The summed E-state index contributed by atoms with van der Waals surface area (Å²) in [4.78, 5) is 28.0. The summed E-state index contributed by atoms with van der Waals surface area (Å²) < 4.78 is 26.2. The number of halogens is 2. The predicted octanol–water partition coefficient (Wildman–Crippen LogP) is 4.34. The molecule has 0 saturated heterocycles. The van der Waals surface area contributed by atoms with Crippen LogP contribution in [0.3, 0.4) is 0 Å². The number of anilines is 1. The van der Waals surface area contributed by atoms with Crippen LogP contribution in [-0.4, -0.2) is 50.5 Å². The number of hydrogen-bond acceptors (Lipinski definition) is 4. The molecule has 0 fully saturated rings. The van der Waals surface area contributed by atoms with Crippen LogP contribution in [0.2, 0.25) is 10.0 Å². The molecule has 0 heterocycles. The Kier molecular flexibility index (Phi) is 10.2. The van der Waals surface area contributed by atoms with E-state index in [0.29, 0.717) is 18.0 Å². The summed E-state index contributed by atoms with van der Waals surface area (Å²) in [6, 6.07) is 12.8. The van der Waals surface area contributed by atoms with Gasteiger partial charge in [-0.05, 0) is 36.1 Å². The molecule has 0 radical (unpaired) electrons. The number of amides is 2. The molecule has 1 N–H and O–H groups in total. The van der Waals surface area contributed by atoms with Crippen LogP contribution >= 0.6 is 23.2 Å². The van der Waals surface area contributed by atoms with Gasteiger partial charge >= 0.3 is 0 Å². The van der Waals surface area contributed by atoms with E-state index in [4.69, 9.17) is 23.2 Å². The highest BCUT2D eigenvalue weighted by atomic mass is 35.5. The first-order chi connectivity index (χ1) is 15.9. The summed E-state index contributed by atoms with van der Waals surface area (Å²) >= 11 is 12.2. The van der Waals surface area contributed by atoms with Crippen molar-refractivity contribution in [1.82, 2.24) is 10.2 Å². The smallest absolute Gasteiger partial charge is 0.244 e. The molecule has 2 aromatic rings. The Morgan fingerprint density at radius 3 is 2.24 bits per heavy atom. The second-order valence-corrected chi connectivity index (χ2v) is 11.2. The maximum absolute atomic E-state index is 13.6.